The van der Waals surface area contributed by atoms with Crippen molar-refractivity contribution in [2.75, 3.05) is 19.0 Å². The van der Waals surface area contributed by atoms with Crippen LogP contribution in [-0.2, 0) is 4.74 Å². The SMILES string of the molecule is C#Cc1cc2ccc(N[C@H](C)C(O)C(O)C(CO)OC)cc2oc1=O. The highest BCUT2D eigenvalue weighted by molar-refractivity contribution is 5.81. The fourth-order valence-corrected chi connectivity index (χ4v) is 2.49. The Balaban J connectivity index is 2.19. The maximum atomic E-state index is 11.7. The molecule has 1 heterocycles. The van der Waals surface area contributed by atoms with Crippen LogP contribution in [0.15, 0.2) is 33.5 Å². The van der Waals surface area contributed by atoms with Gasteiger partial charge in [-0.2, -0.15) is 0 Å². The van der Waals surface area contributed by atoms with Crippen LogP contribution in [-0.4, -0.2) is 53.4 Å². The van der Waals surface area contributed by atoms with Gasteiger partial charge in [-0.3, -0.25) is 0 Å². The zero-order chi connectivity index (χ0) is 18.6. The molecule has 4 atom stereocenters. The number of benzene rings is 1. The normalized spacial score (nSPS) is 16.0. The van der Waals surface area contributed by atoms with E-state index in [1.165, 1.54) is 7.11 Å². The molecule has 0 saturated heterocycles. The molecule has 0 amide bonds. The summed E-state index contributed by atoms with van der Waals surface area (Å²) < 4.78 is 10.1. The maximum Gasteiger partial charge on any atom is 0.352 e. The van der Waals surface area contributed by atoms with Crippen LogP contribution in [0.2, 0.25) is 0 Å². The van der Waals surface area contributed by atoms with Crippen molar-refractivity contribution in [2.24, 2.45) is 0 Å². The largest absolute Gasteiger partial charge is 0.422 e. The smallest absolute Gasteiger partial charge is 0.352 e. The first-order chi connectivity index (χ1) is 11.9. The molecule has 7 nitrogen and oxygen atoms in total. The summed E-state index contributed by atoms with van der Waals surface area (Å²) in [4.78, 5) is 11.7. The second-order valence-electron chi connectivity index (χ2n) is 5.72. The lowest BCUT2D eigenvalue weighted by atomic mass is 10.0. The maximum absolute atomic E-state index is 11.7. The standard InChI is InChI=1S/C18H21NO6/c1-4-11-7-12-5-6-13(8-14(12)25-18(11)23)19-10(2)16(21)17(22)15(9-20)24-3/h1,5-8,10,15-17,19-22H,9H2,2-3H3/t10-,15?,16?,17?/m1/s1. The molecule has 0 fully saturated rings. The van der Waals surface area contributed by atoms with Crippen molar-refractivity contribution >= 4 is 16.7 Å². The van der Waals surface area contributed by atoms with Gasteiger partial charge in [0.15, 0.2) is 0 Å². The van der Waals surface area contributed by atoms with Gasteiger partial charge in [0, 0.05) is 24.2 Å². The number of hydrogen-bond donors (Lipinski definition) is 4. The molecule has 2 aromatic rings. The van der Waals surface area contributed by atoms with Crippen molar-refractivity contribution in [1.82, 2.24) is 0 Å². The molecule has 4 N–H and O–H groups in total. The zero-order valence-corrected chi connectivity index (χ0v) is 14.0. The van der Waals surface area contributed by atoms with Gasteiger partial charge < -0.3 is 29.8 Å². The second-order valence-corrected chi connectivity index (χ2v) is 5.72. The number of rotatable bonds is 7. The summed E-state index contributed by atoms with van der Waals surface area (Å²) in [7, 11) is 1.34. The molecular formula is C18H21NO6. The summed E-state index contributed by atoms with van der Waals surface area (Å²) >= 11 is 0. The lowest BCUT2D eigenvalue weighted by molar-refractivity contribution is -0.0953. The summed E-state index contributed by atoms with van der Waals surface area (Å²) in [5.74, 6) is 2.27. The minimum Gasteiger partial charge on any atom is -0.422 e. The highest BCUT2D eigenvalue weighted by atomic mass is 16.5. The zero-order valence-electron chi connectivity index (χ0n) is 14.0. The minimum atomic E-state index is -1.27. The van der Waals surface area contributed by atoms with E-state index in [0.717, 1.165) is 0 Å². The van der Waals surface area contributed by atoms with E-state index in [0.29, 0.717) is 16.7 Å². The molecule has 0 saturated carbocycles. The van der Waals surface area contributed by atoms with Gasteiger partial charge in [0.1, 0.15) is 29.5 Å². The van der Waals surface area contributed by atoms with E-state index in [9.17, 15) is 15.0 Å². The van der Waals surface area contributed by atoms with Crippen LogP contribution in [0.5, 0.6) is 0 Å². The summed E-state index contributed by atoms with van der Waals surface area (Å²) in [5, 5.41) is 33.1. The van der Waals surface area contributed by atoms with Crippen LogP contribution in [0, 0.1) is 12.3 Å². The van der Waals surface area contributed by atoms with Gasteiger partial charge in [-0.05, 0) is 25.1 Å². The number of fused-ring (bicyclic) bond motifs is 1. The molecule has 3 unspecified atom stereocenters. The van der Waals surface area contributed by atoms with E-state index >= 15 is 0 Å². The number of aliphatic hydroxyl groups excluding tert-OH is 3. The first kappa shape index (κ1) is 19.0. The molecule has 0 spiro atoms. The lowest BCUT2D eigenvalue weighted by Gasteiger charge is -2.29. The Bertz CT molecular complexity index is 820. The van der Waals surface area contributed by atoms with Gasteiger partial charge in [0.25, 0.3) is 0 Å². The van der Waals surface area contributed by atoms with Crippen molar-refractivity contribution in [3.05, 3.63) is 40.2 Å². The molecule has 1 aromatic carbocycles. The van der Waals surface area contributed by atoms with E-state index in [4.69, 9.17) is 20.7 Å². The highest BCUT2D eigenvalue weighted by Crippen LogP contribution is 2.20. The van der Waals surface area contributed by atoms with Crippen molar-refractivity contribution < 1.29 is 24.5 Å². The Morgan fingerprint density at radius 3 is 2.64 bits per heavy atom. The Kier molecular flexibility index (Phi) is 6.17. The van der Waals surface area contributed by atoms with E-state index < -0.39 is 36.6 Å². The van der Waals surface area contributed by atoms with Crippen LogP contribution in [0.4, 0.5) is 5.69 Å². The number of aliphatic hydroxyl groups is 3. The average Bonchev–Trinajstić information content (AvgIpc) is 2.61. The number of anilines is 1. The van der Waals surface area contributed by atoms with Gasteiger partial charge in [0.2, 0.25) is 0 Å². The van der Waals surface area contributed by atoms with Crippen molar-refractivity contribution in [3.63, 3.8) is 0 Å². The van der Waals surface area contributed by atoms with E-state index in [-0.39, 0.29) is 5.56 Å². The van der Waals surface area contributed by atoms with Crippen LogP contribution < -0.4 is 10.9 Å². The summed E-state index contributed by atoms with van der Waals surface area (Å²) in [6.45, 7) is 1.25. The van der Waals surface area contributed by atoms with Crippen molar-refractivity contribution in [3.8, 4) is 12.3 Å². The molecular weight excluding hydrogens is 326 g/mol. The van der Waals surface area contributed by atoms with Crippen LogP contribution in [0.3, 0.4) is 0 Å². The van der Waals surface area contributed by atoms with Crippen LogP contribution >= 0.6 is 0 Å². The summed E-state index contributed by atoms with van der Waals surface area (Å²) in [5.41, 5.74) is 0.485. The molecule has 0 radical (unpaired) electrons. The number of methoxy groups -OCH3 is 1. The molecule has 1 aromatic heterocycles. The van der Waals surface area contributed by atoms with E-state index in [1.54, 1.807) is 31.2 Å². The Morgan fingerprint density at radius 1 is 1.32 bits per heavy atom. The predicted octanol–water partition coefficient (Wildman–Crippen LogP) is 0.304. The fourth-order valence-electron chi connectivity index (χ4n) is 2.49. The Labute approximate surface area is 144 Å². The molecule has 134 valence electrons. The van der Waals surface area contributed by atoms with Gasteiger partial charge in [-0.25, -0.2) is 4.79 Å². The van der Waals surface area contributed by atoms with Gasteiger partial charge in [-0.15, -0.1) is 6.42 Å². The molecule has 0 aliphatic heterocycles. The van der Waals surface area contributed by atoms with Gasteiger partial charge >= 0.3 is 5.63 Å². The van der Waals surface area contributed by atoms with Crippen molar-refractivity contribution in [1.29, 1.82) is 0 Å². The number of terminal acetylenes is 1. The number of ether oxygens (including phenoxy) is 1. The van der Waals surface area contributed by atoms with Crippen LogP contribution in [0.25, 0.3) is 11.0 Å². The molecule has 2 rings (SSSR count). The lowest BCUT2D eigenvalue weighted by Crippen LogP contribution is -2.48. The topological polar surface area (TPSA) is 112 Å². The summed E-state index contributed by atoms with van der Waals surface area (Å²) in [6.07, 6.45) is 1.89. The molecule has 7 heteroatoms. The molecule has 0 bridgehead atoms. The molecule has 0 aliphatic rings. The Morgan fingerprint density at radius 2 is 2.04 bits per heavy atom. The summed E-state index contributed by atoms with van der Waals surface area (Å²) in [6, 6.07) is 6.07. The molecule has 0 aliphatic carbocycles. The number of hydrogen-bond acceptors (Lipinski definition) is 7. The van der Waals surface area contributed by atoms with Gasteiger partial charge in [0.05, 0.1) is 12.6 Å². The predicted molar refractivity (Wildman–Crippen MR) is 93.4 cm³/mol. The molecule has 25 heavy (non-hydrogen) atoms. The first-order valence-corrected chi connectivity index (χ1v) is 7.72. The second kappa shape index (κ2) is 8.14. The quantitative estimate of drug-likeness (QED) is 0.421. The Hall–Kier alpha value is -2.37. The third-order valence-corrected chi connectivity index (χ3v) is 4.01. The third-order valence-electron chi connectivity index (χ3n) is 4.01. The average molecular weight is 347 g/mol. The van der Waals surface area contributed by atoms with Gasteiger partial charge in [-0.1, -0.05) is 5.92 Å². The fraction of sp³-hybridized carbons (Fsp3) is 0.389. The minimum absolute atomic E-state index is 0.148. The number of nitrogens with one attached hydrogen (secondary N) is 1. The highest BCUT2D eigenvalue weighted by Gasteiger charge is 2.30. The first-order valence-electron chi connectivity index (χ1n) is 7.72. The van der Waals surface area contributed by atoms with E-state index in [1.807, 2.05) is 0 Å². The van der Waals surface area contributed by atoms with Crippen molar-refractivity contribution in [2.45, 2.75) is 31.3 Å². The van der Waals surface area contributed by atoms with Crippen LogP contribution in [0.1, 0.15) is 12.5 Å². The monoisotopic (exact) mass is 347 g/mol. The van der Waals surface area contributed by atoms with E-state index in [2.05, 4.69) is 11.2 Å². The third kappa shape index (κ3) is 4.18.